The maximum Gasteiger partial charge on any atom is 0.251 e. The second-order valence-corrected chi connectivity index (χ2v) is 7.23. The van der Waals surface area contributed by atoms with Gasteiger partial charge < -0.3 is 9.73 Å². The molecule has 1 aromatic heterocycles. The number of furan rings is 1. The van der Waals surface area contributed by atoms with Crippen LogP contribution in [0.15, 0.2) is 45.9 Å². The third kappa shape index (κ3) is 4.20. The zero-order valence-electron chi connectivity index (χ0n) is 13.3. The van der Waals surface area contributed by atoms with Crippen LogP contribution in [-0.2, 0) is 16.4 Å². The summed E-state index contributed by atoms with van der Waals surface area (Å²) in [5.74, 6) is 0.468. The fraction of sp³-hybridized carbons (Fsp3) is 0.312. The first-order chi connectivity index (χ1) is 10.8. The molecule has 0 fully saturated rings. The Kier molecular flexibility index (Phi) is 5.23. The van der Waals surface area contributed by atoms with E-state index in [1.54, 1.807) is 25.3 Å². The van der Waals surface area contributed by atoms with Gasteiger partial charge >= 0.3 is 0 Å². The minimum absolute atomic E-state index is 0.0643. The molecule has 1 atom stereocenters. The zero-order chi connectivity index (χ0) is 17.0. The van der Waals surface area contributed by atoms with Gasteiger partial charge in [0.15, 0.2) is 0 Å². The molecule has 7 heteroatoms. The van der Waals surface area contributed by atoms with Gasteiger partial charge in [0.05, 0.1) is 11.2 Å². The molecule has 0 aliphatic heterocycles. The van der Waals surface area contributed by atoms with E-state index >= 15 is 0 Å². The van der Waals surface area contributed by atoms with Gasteiger partial charge in [-0.1, -0.05) is 6.07 Å². The van der Waals surface area contributed by atoms with E-state index in [1.807, 2.05) is 13.0 Å². The first kappa shape index (κ1) is 17.2. The molecule has 0 aliphatic carbocycles. The summed E-state index contributed by atoms with van der Waals surface area (Å²) in [6, 6.07) is 7.97. The van der Waals surface area contributed by atoms with Crippen LogP contribution in [0.2, 0.25) is 0 Å². The highest BCUT2D eigenvalue weighted by molar-refractivity contribution is 7.89. The quantitative estimate of drug-likeness (QED) is 0.843. The normalized spacial score (nSPS) is 12.8. The van der Waals surface area contributed by atoms with Crippen molar-refractivity contribution in [1.29, 1.82) is 0 Å². The molecule has 0 saturated carbocycles. The lowest BCUT2D eigenvalue weighted by atomic mass is 10.1. The number of sulfonamides is 1. The molecule has 2 aromatic rings. The summed E-state index contributed by atoms with van der Waals surface area (Å²) in [5, 5.41) is 2.86. The van der Waals surface area contributed by atoms with Crippen LogP contribution in [0.25, 0.3) is 0 Å². The van der Waals surface area contributed by atoms with Gasteiger partial charge in [-0.05, 0) is 50.7 Å². The molecule has 1 amide bonds. The maximum atomic E-state index is 12.4. The minimum atomic E-state index is -3.59. The SMILES string of the molecule is CNS(=O)(=O)c1ccc(C)c(C(=O)NC(C)Cc2ccco2)c1. The summed E-state index contributed by atoms with van der Waals surface area (Å²) in [4.78, 5) is 12.5. The number of amides is 1. The van der Waals surface area contributed by atoms with Crippen LogP contribution in [-0.4, -0.2) is 27.4 Å². The van der Waals surface area contributed by atoms with Gasteiger partial charge in [-0.15, -0.1) is 0 Å². The third-order valence-corrected chi connectivity index (χ3v) is 4.91. The number of hydrogen-bond donors (Lipinski definition) is 2. The van der Waals surface area contributed by atoms with E-state index in [0.29, 0.717) is 17.5 Å². The molecular weight excluding hydrogens is 316 g/mol. The van der Waals surface area contributed by atoms with Gasteiger partial charge in [0, 0.05) is 18.0 Å². The van der Waals surface area contributed by atoms with E-state index in [-0.39, 0.29) is 16.8 Å². The molecule has 0 radical (unpaired) electrons. The molecule has 2 N–H and O–H groups in total. The highest BCUT2D eigenvalue weighted by Gasteiger charge is 2.18. The van der Waals surface area contributed by atoms with Crippen molar-refractivity contribution in [3.8, 4) is 0 Å². The zero-order valence-corrected chi connectivity index (χ0v) is 14.1. The summed E-state index contributed by atoms with van der Waals surface area (Å²) in [7, 11) is -2.25. The van der Waals surface area contributed by atoms with Crippen LogP contribution in [0, 0.1) is 6.92 Å². The van der Waals surface area contributed by atoms with Crippen molar-refractivity contribution in [3.05, 3.63) is 53.5 Å². The second-order valence-electron chi connectivity index (χ2n) is 5.34. The molecule has 0 saturated heterocycles. The van der Waals surface area contributed by atoms with Crippen molar-refractivity contribution >= 4 is 15.9 Å². The highest BCUT2D eigenvalue weighted by Crippen LogP contribution is 2.16. The van der Waals surface area contributed by atoms with E-state index in [4.69, 9.17) is 4.42 Å². The fourth-order valence-electron chi connectivity index (χ4n) is 2.21. The molecule has 0 bridgehead atoms. The van der Waals surface area contributed by atoms with E-state index in [2.05, 4.69) is 10.0 Å². The molecule has 2 rings (SSSR count). The van der Waals surface area contributed by atoms with Gasteiger partial charge in [-0.2, -0.15) is 0 Å². The minimum Gasteiger partial charge on any atom is -0.469 e. The van der Waals surface area contributed by atoms with Crippen LogP contribution in [0.4, 0.5) is 0 Å². The van der Waals surface area contributed by atoms with Gasteiger partial charge in [0.25, 0.3) is 5.91 Å². The van der Waals surface area contributed by atoms with E-state index in [1.165, 1.54) is 19.2 Å². The number of nitrogens with one attached hydrogen (secondary N) is 2. The predicted octanol–water partition coefficient (Wildman–Crippen LogP) is 1.86. The number of hydrogen-bond acceptors (Lipinski definition) is 4. The molecule has 6 nitrogen and oxygen atoms in total. The monoisotopic (exact) mass is 336 g/mol. The molecule has 0 spiro atoms. The average molecular weight is 336 g/mol. The summed E-state index contributed by atoms with van der Waals surface area (Å²) in [5.41, 5.74) is 1.05. The highest BCUT2D eigenvalue weighted by atomic mass is 32.2. The number of benzene rings is 1. The Labute approximate surface area is 135 Å². The Morgan fingerprint density at radius 3 is 2.65 bits per heavy atom. The Morgan fingerprint density at radius 2 is 2.04 bits per heavy atom. The molecule has 1 heterocycles. The summed E-state index contributed by atoms with van der Waals surface area (Å²) in [6.45, 7) is 3.63. The molecular formula is C16H20N2O4S. The van der Waals surface area contributed by atoms with E-state index in [0.717, 1.165) is 5.76 Å². The van der Waals surface area contributed by atoms with Crippen LogP contribution >= 0.6 is 0 Å². The predicted molar refractivity (Wildman–Crippen MR) is 86.8 cm³/mol. The van der Waals surface area contributed by atoms with Crippen molar-refractivity contribution in [3.63, 3.8) is 0 Å². The first-order valence-corrected chi connectivity index (χ1v) is 8.69. The number of carbonyl (C=O) groups excluding carboxylic acids is 1. The first-order valence-electron chi connectivity index (χ1n) is 7.21. The lowest BCUT2D eigenvalue weighted by molar-refractivity contribution is 0.0938. The lowest BCUT2D eigenvalue weighted by Gasteiger charge is -2.14. The van der Waals surface area contributed by atoms with E-state index in [9.17, 15) is 13.2 Å². The second kappa shape index (κ2) is 6.97. The summed E-state index contributed by atoms with van der Waals surface area (Å²) >= 11 is 0. The van der Waals surface area contributed by atoms with Crippen molar-refractivity contribution in [2.24, 2.45) is 0 Å². The molecule has 1 aromatic carbocycles. The smallest absolute Gasteiger partial charge is 0.251 e. The van der Waals surface area contributed by atoms with E-state index < -0.39 is 10.0 Å². The van der Waals surface area contributed by atoms with Gasteiger partial charge in [0.1, 0.15) is 5.76 Å². The Morgan fingerprint density at radius 1 is 1.30 bits per heavy atom. The largest absolute Gasteiger partial charge is 0.469 e. The summed E-state index contributed by atoms with van der Waals surface area (Å²) < 4.78 is 31.2. The van der Waals surface area contributed by atoms with Gasteiger partial charge in [0.2, 0.25) is 10.0 Å². The number of rotatable bonds is 6. The Bertz CT molecular complexity index is 782. The van der Waals surface area contributed by atoms with Gasteiger partial charge in [-0.25, -0.2) is 13.1 Å². The van der Waals surface area contributed by atoms with Crippen molar-refractivity contribution < 1.29 is 17.6 Å². The molecule has 1 unspecified atom stereocenters. The topological polar surface area (TPSA) is 88.4 Å². The van der Waals surface area contributed by atoms with Crippen LogP contribution in [0.3, 0.4) is 0 Å². The number of carbonyl (C=O) groups is 1. The maximum absolute atomic E-state index is 12.4. The van der Waals surface area contributed by atoms with Crippen LogP contribution in [0.1, 0.15) is 28.6 Å². The van der Waals surface area contributed by atoms with Crippen LogP contribution < -0.4 is 10.0 Å². The van der Waals surface area contributed by atoms with Crippen molar-refractivity contribution in [1.82, 2.24) is 10.0 Å². The lowest BCUT2D eigenvalue weighted by Crippen LogP contribution is -2.34. The molecule has 23 heavy (non-hydrogen) atoms. The average Bonchev–Trinajstić information content (AvgIpc) is 3.00. The summed E-state index contributed by atoms with van der Waals surface area (Å²) in [6.07, 6.45) is 2.15. The van der Waals surface area contributed by atoms with Crippen LogP contribution in [0.5, 0.6) is 0 Å². The number of aryl methyl sites for hydroxylation is 1. The Hall–Kier alpha value is -2.12. The Balaban J connectivity index is 2.17. The third-order valence-electron chi connectivity index (χ3n) is 3.50. The van der Waals surface area contributed by atoms with Crippen molar-refractivity contribution in [2.75, 3.05) is 7.05 Å². The standard InChI is InChI=1S/C16H20N2O4S/c1-11-6-7-14(23(20,21)17-3)10-15(11)16(19)18-12(2)9-13-5-4-8-22-13/h4-8,10,12,17H,9H2,1-3H3,(H,18,19). The van der Waals surface area contributed by atoms with Gasteiger partial charge in [-0.3, -0.25) is 4.79 Å². The molecule has 124 valence electrons. The fourth-order valence-corrected chi connectivity index (χ4v) is 2.97. The van der Waals surface area contributed by atoms with Crippen molar-refractivity contribution in [2.45, 2.75) is 31.2 Å². The molecule has 0 aliphatic rings.